The smallest absolute Gasteiger partial charge is 0.142 e. The van der Waals surface area contributed by atoms with Crippen LogP contribution in [0.2, 0.25) is 5.02 Å². The molecule has 0 aromatic heterocycles. The molecule has 0 spiro atoms. The summed E-state index contributed by atoms with van der Waals surface area (Å²) in [5.41, 5.74) is 2.83. The lowest BCUT2D eigenvalue weighted by Crippen LogP contribution is -2.34. The quantitative estimate of drug-likeness (QED) is 0.791. The van der Waals surface area contributed by atoms with E-state index in [2.05, 4.69) is 12.2 Å². The van der Waals surface area contributed by atoms with Crippen LogP contribution in [0.1, 0.15) is 36.5 Å². The van der Waals surface area contributed by atoms with Crippen LogP contribution in [0.5, 0.6) is 0 Å². The molecule has 0 bridgehead atoms. The van der Waals surface area contributed by atoms with Crippen molar-refractivity contribution in [2.75, 3.05) is 6.54 Å². The monoisotopic (exact) mass is 241 g/mol. The fourth-order valence-corrected chi connectivity index (χ4v) is 3.01. The average Bonchev–Trinajstić information content (AvgIpc) is 2.63. The molecule has 0 amide bonds. The first kappa shape index (κ1) is 11.9. The highest BCUT2D eigenvalue weighted by molar-refractivity contribution is 6.31. The van der Waals surface area contributed by atoms with Crippen molar-refractivity contribution in [3.63, 3.8) is 0 Å². The second-order valence-corrected chi connectivity index (χ2v) is 5.23. The van der Waals surface area contributed by atoms with Crippen LogP contribution >= 0.6 is 11.6 Å². The standard InChI is InChI=1S/C13H17ClFN/c1-8-7-10(15)12(14)11(9(8)2)13(3)5-4-6-16-13/h7,16H,4-6H2,1-3H3. The number of benzene rings is 1. The molecule has 1 saturated heterocycles. The summed E-state index contributed by atoms with van der Waals surface area (Å²) in [6.45, 7) is 7.02. The fraction of sp³-hybridized carbons (Fsp3) is 0.538. The Labute approximate surface area is 101 Å². The maximum absolute atomic E-state index is 13.7. The van der Waals surface area contributed by atoms with Crippen molar-refractivity contribution in [3.8, 4) is 0 Å². The minimum Gasteiger partial charge on any atom is -0.308 e. The second-order valence-electron chi connectivity index (χ2n) is 4.85. The Balaban J connectivity index is 2.63. The van der Waals surface area contributed by atoms with Gasteiger partial charge in [-0.1, -0.05) is 11.6 Å². The summed E-state index contributed by atoms with van der Waals surface area (Å²) in [5, 5.41) is 3.71. The zero-order valence-corrected chi connectivity index (χ0v) is 10.7. The van der Waals surface area contributed by atoms with Gasteiger partial charge in [0, 0.05) is 5.54 Å². The molecule has 1 nitrogen and oxygen atoms in total. The predicted octanol–water partition coefficient (Wildman–Crippen LogP) is 3.69. The van der Waals surface area contributed by atoms with Crippen molar-refractivity contribution in [2.45, 2.75) is 39.2 Å². The van der Waals surface area contributed by atoms with E-state index in [-0.39, 0.29) is 16.4 Å². The van der Waals surface area contributed by atoms with E-state index in [1.54, 1.807) is 0 Å². The van der Waals surface area contributed by atoms with E-state index in [0.717, 1.165) is 36.1 Å². The topological polar surface area (TPSA) is 12.0 Å². The molecule has 1 fully saturated rings. The molecule has 1 heterocycles. The summed E-state index contributed by atoms with van der Waals surface area (Å²) in [6.07, 6.45) is 2.12. The van der Waals surface area contributed by atoms with Crippen LogP contribution in [-0.2, 0) is 5.54 Å². The third-order valence-electron chi connectivity index (χ3n) is 3.66. The van der Waals surface area contributed by atoms with Crippen molar-refractivity contribution >= 4 is 11.6 Å². The molecule has 1 unspecified atom stereocenters. The highest BCUT2D eigenvalue weighted by Crippen LogP contribution is 2.39. The van der Waals surface area contributed by atoms with Crippen LogP contribution in [0.3, 0.4) is 0 Å². The normalized spacial score (nSPS) is 25.1. The van der Waals surface area contributed by atoms with Gasteiger partial charge >= 0.3 is 0 Å². The Hall–Kier alpha value is -0.600. The Bertz CT molecular complexity index is 396. The molecule has 1 N–H and O–H groups in total. The van der Waals surface area contributed by atoms with E-state index >= 15 is 0 Å². The number of hydrogen-bond acceptors (Lipinski definition) is 1. The summed E-state index contributed by atoms with van der Waals surface area (Å²) >= 11 is 6.13. The Kier molecular flexibility index (Phi) is 2.97. The van der Waals surface area contributed by atoms with Crippen molar-refractivity contribution in [3.05, 3.63) is 33.6 Å². The van der Waals surface area contributed by atoms with Crippen LogP contribution in [-0.4, -0.2) is 6.54 Å². The van der Waals surface area contributed by atoms with Crippen LogP contribution in [0, 0.1) is 19.7 Å². The predicted molar refractivity (Wildman–Crippen MR) is 65.5 cm³/mol. The summed E-state index contributed by atoms with van der Waals surface area (Å²) < 4.78 is 13.7. The number of aryl methyl sites for hydroxylation is 1. The Morgan fingerprint density at radius 1 is 1.44 bits per heavy atom. The van der Waals surface area contributed by atoms with Gasteiger partial charge in [-0.2, -0.15) is 0 Å². The molecule has 0 saturated carbocycles. The molecular weight excluding hydrogens is 225 g/mol. The van der Waals surface area contributed by atoms with E-state index in [0.29, 0.717) is 0 Å². The number of nitrogens with one attached hydrogen (secondary N) is 1. The minimum absolute atomic E-state index is 0.173. The van der Waals surface area contributed by atoms with Gasteiger partial charge in [-0.15, -0.1) is 0 Å². The van der Waals surface area contributed by atoms with Crippen LogP contribution in [0.4, 0.5) is 4.39 Å². The molecule has 1 aliphatic rings. The number of halogens is 2. The van der Waals surface area contributed by atoms with E-state index in [1.165, 1.54) is 6.07 Å². The molecule has 1 aliphatic heterocycles. The molecular formula is C13H17ClFN. The third-order valence-corrected chi connectivity index (χ3v) is 4.03. The van der Waals surface area contributed by atoms with Gasteiger partial charge in [-0.3, -0.25) is 0 Å². The Morgan fingerprint density at radius 3 is 2.69 bits per heavy atom. The van der Waals surface area contributed by atoms with Gasteiger partial charge in [0.2, 0.25) is 0 Å². The molecule has 1 aromatic rings. The minimum atomic E-state index is -0.310. The first-order valence-corrected chi connectivity index (χ1v) is 6.04. The molecule has 1 atom stereocenters. The second kappa shape index (κ2) is 4.01. The van der Waals surface area contributed by atoms with Gasteiger partial charge in [0.05, 0.1) is 5.02 Å². The van der Waals surface area contributed by atoms with Crippen LogP contribution in [0.25, 0.3) is 0 Å². The molecule has 3 heteroatoms. The molecule has 88 valence electrons. The highest BCUT2D eigenvalue weighted by atomic mass is 35.5. The summed E-state index contributed by atoms with van der Waals surface area (Å²) in [6, 6.07) is 1.51. The van der Waals surface area contributed by atoms with Crippen molar-refractivity contribution in [1.82, 2.24) is 5.32 Å². The summed E-state index contributed by atoms with van der Waals surface area (Å²) in [4.78, 5) is 0. The van der Waals surface area contributed by atoms with Gasteiger partial charge < -0.3 is 5.32 Å². The molecule has 1 aromatic carbocycles. The van der Waals surface area contributed by atoms with Gasteiger partial charge in [-0.25, -0.2) is 4.39 Å². The first-order valence-electron chi connectivity index (χ1n) is 5.66. The molecule has 16 heavy (non-hydrogen) atoms. The molecule has 0 radical (unpaired) electrons. The largest absolute Gasteiger partial charge is 0.308 e. The van der Waals surface area contributed by atoms with Crippen molar-refractivity contribution in [1.29, 1.82) is 0 Å². The summed E-state index contributed by atoms with van der Waals surface area (Å²) in [5.74, 6) is -0.310. The zero-order chi connectivity index (χ0) is 11.9. The fourth-order valence-electron chi connectivity index (χ4n) is 2.61. The lowest BCUT2D eigenvalue weighted by Gasteiger charge is -2.29. The number of hydrogen-bond donors (Lipinski definition) is 1. The lowest BCUT2D eigenvalue weighted by atomic mass is 9.85. The van der Waals surface area contributed by atoms with Gasteiger partial charge in [0.1, 0.15) is 5.82 Å². The first-order chi connectivity index (χ1) is 7.46. The highest BCUT2D eigenvalue weighted by Gasteiger charge is 2.34. The maximum Gasteiger partial charge on any atom is 0.142 e. The zero-order valence-electron chi connectivity index (χ0n) is 9.95. The van der Waals surface area contributed by atoms with E-state index in [1.807, 2.05) is 13.8 Å². The van der Waals surface area contributed by atoms with E-state index in [4.69, 9.17) is 11.6 Å². The molecule has 2 rings (SSSR count). The van der Waals surface area contributed by atoms with E-state index in [9.17, 15) is 4.39 Å². The van der Waals surface area contributed by atoms with Crippen molar-refractivity contribution in [2.24, 2.45) is 0 Å². The SMILES string of the molecule is Cc1cc(F)c(Cl)c(C2(C)CCCN2)c1C. The molecule has 0 aliphatic carbocycles. The summed E-state index contributed by atoms with van der Waals surface area (Å²) in [7, 11) is 0. The van der Waals surface area contributed by atoms with Gasteiger partial charge in [0.25, 0.3) is 0 Å². The van der Waals surface area contributed by atoms with E-state index < -0.39 is 0 Å². The number of rotatable bonds is 1. The van der Waals surface area contributed by atoms with Gasteiger partial charge in [0.15, 0.2) is 0 Å². The third kappa shape index (κ3) is 1.74. The van der Waals surface area contributed by atoms with Crippen molar-refractivity contribution < 1.29 is 4.39 Å². The van der Waals surface area contributed by atoms with Crippen LogP contribution < -0.4 is 5.32 Å². The van der Waals surface area contributed by atoms with Crippen LogP contribution in [0.15, 0.2) is 6.07 Å². The maximum atomic E-state index is 13.7. The lowest BCUT2D eigenvalue weighted by molar-refractivity contribution is 0.429. The average molecular weight is 242 g/mol. The van der Waals surface area contributed by atoms with Gasteiger partial charge in [-0.05, 0) is 62.9 Å². The Morgan fingerprint density at radius 2 is 2.12 bits per heavy atom.